The predicted octanol–water partition coefficient (Wildman–Crippen LogP) is 0.441. The van der Waals surface area contributed by atoms with Crippen molar-refractivity contribution >= 4 is 0 Å². The highest BCUT2D eigenvalue weighted by molar-refractivity contribution is 4.68. The molecule has 0 bridgehead atoms. The van der Waals surface area contributed by atoms with E-state index in [1.807, 2.05) is 13.0 Å². The second-order valence-electron chi connectivity index (χ2n) is 1.24. The third-order valence-corrected chi connectivity index (χ3v) is 0.585. The molecule has 0 heterocycles. The Morgan fingerprint density at radius 2 is 2.50 bits per heavy atom. The molecule has 0 atom stereocenters. The SMILES string of the molecule is CCONCCC#N. The summed E-state index contributed by atoms with van der Waals surface area (Å²) in [6, 6.07) is 1.98. The first-order valence-electron chi connectivity index (χ1n) is 2.63. The van der Waals surface area contributed by atoms with Crippen molar-refractivity contribution in [1.82, 2.24) is 5.48 Å². The molecule has 0 aromatic heterocycles. The maximum absolute atomic E-state index is 8.02. The summed E-state index contributed by atoms with van der Waals surface area (Å²) in [7, 11) is 0. The first kappa shape index (κ1) is 7.41. The van der Waals surface area contributed by atoms with E-state index in [0.717, 1.165) is 0 Å². The molecule has 3 heteroatoms. The normalized spacial score (nSPS) is 8.50. The highest BCUT2D eigenvalue weighted by Gasteiger charge is 1.79. The quantitative estimate of drug-likeness (QED) is 0.426. The summed E-state index contributed by atoms with van der Waals surface area (Å²) in [5, 5.41) is 8.02. The minimum absolute atomic E-state index is 0.500. The van der Waals surface area contributed by atoms with Crippen molar-refractivity contribution in [3.8, 4) is 6.07 Å². The van der Waals surface area contributed by atoms with E-state index < -0.39 is 0 Å². The summed E-state index contributed by atoms with van der Waals surface area (Å²) >= 11 is 0. The third-order valence-electron chi connectivity index (χ3n) is 0.585. The van der Waals surface area contributed by atoms with Gasteiger partial charge in [0.05, 0.1) is 12.7 Å². The topological polar surface area (TPSA) is 45.0 Å². The van der Waals surface area contributed by atoms with Crippen molar-refractivity contribution < 1.29 is 4.84 Å². The van der Waals surface area contributed by atoms with Crippen molar-refractivity contribution in [3.63, 3.8) is 0 Å². The molecule has 1 N–H and O–H groups in total. The van der Waals surface area contributed by atoms with Crippen molar-refractivity contribution in [2.24, 2.45) is 0 Å². The van der Waals surface area contributed by atoms with Gasteiger partial charge in [-0.1, -0.05) is 0 Å². The largest absolute Gasteiger partial charge is 0.302 e. The van der Waals surface area contributed by atoms with Crippen LogP contribution < -0.4 is 5.48 Å². The fourth-order valence-electron chi connectivity index (χ4n) is 0.281. The van der Waals surface area contributed by atoms with E-state index in [4.69, 9.17) is 10.1 Å². The zero-order valence-electron chi connectivity index (χ0n) is 4.98. The molecule has 0 saturated carbocycles. The molecule has 0 rings (SSSR count). The van der Waals surface area contributed by atoms with Crippen LogP contribution in [0.5, 0.6) is 0 Å². The highest BCUT2D eigenvalue weighted by atomic mass is 16.6. The van der Waals surface area contributed by atoms with Crippen LogP contribution in [0.25, 0.3) is 0 Å². The van der Waals surface area contributed by atoms with Gasteiger partial charge in [0.25, 0.3) is 0 Å². The second kappa shape index (κ2) is 6.41. The molecule has 0 aliphatic carbocycles. The van der Waals surface area contributed by atoms with Crippen LogP contribution in [-0.2, 0) is 4.84 Å². The van der Waals surface area contributed by atoms with E-state index >= 15 is 0 Å². The van der Waals surface area contributed by atoms with Crippen LogP contribution in [0.1, 0.15) is 13.3 Å². The lowest BCUT2D eigenvalue weighted by molar-refractivity contribution is 0.0525. The number of nitriles is 1. The van der Waals surface area contributed by atoms with Crippen molar-refractivity contribution in [2.45, 2.75) is 13.3 Å². The molecular formula is C5H10N2O. The van der Waals surface area contributed by atoms with Crippen LogP contribution in [0, 0.1) is 11.3 Å². The van der Waals surface area contributed by atoms with Gasteiger partial charge in [-0.25, -0.2) is 5.48 Å². The zero-order valence-corrected chi connectivity index (χ0v) is 4.98. The van der Waals surface area contributed by atoms with Gasteiger partial charge in [-0.3, -0.25) is 0 Å². The van der Waals surface area contributed by atoms with Crippen molar-refractivity contribution in [1.29, 1.82) is 5.26 Å². The second-order valence-corrected chi connectivity index (χ2v) is 1.24. The number of nitrogens with zero attached hydrogens (tertiary/aromatic N) is 1. The summed E-state index contributed by atoms with van der Waals surface area (Å²) in [5.41, 5.74) is 2.61. The molecule has 0 radical (unpaired) electrons. The van der Waals surface area contributed by atoms with Gasteiger partial charge in [0, 0.05) is 13.0 Å². The molecule has 0 saturated heterocycles. The number of nitrogens with one attached hydrogen (secondary N) is 1. The average Bonchev–Trinajstić information content (AvgIpc) is 1.81. The van der Waals surface area contributed by atoms with E-state index in [-0.39, 0.29) is 0 Å². The van der Waals surface area contributed by atoms with Crippen LogP contribution in [0.15, 0.2) is 0 Å². The van der Waals surface area contributed by atoms with Crippen LogP contribution in [-0.4, -0.2) is 13.2 Å². The average molecular weight is 114 g/mol. The highest BCUT2D eigenvalue weighted by Crippen LogP contribution is 1.69. The summed E-state index contributed by atoms with van der Waals surface area (Å²) in [6.07, 6.45) is 0.500. The first-order valence-corrected chi connectivity index (χ1v) is 2.63. The molecular weight excluding hydrogens is 104 g/mol. The Kier molecular flexibility index (Phi) is 5.94. The van der Waals surface area contributed by atoms with Gasteiger partial charge in [-0.2, -0.15) is 5.26 Å². The minimum atomic E-state index is 0.500. The fraction of sp³-hybridized carbons (Fsp3) is 0.800. The van der Waals surface area contributed by atoms with E-state index in [1.165, 1.54) is 0 Å². The molecule has 3 nitrogen and oxygen atoms in total. The van der Waals surface area contributed by atoms with Crippen molar-refractivity contribution in [3.05, 3.63) is 0 Å². The molecule has 0 aromatic rings. The van der Waals surface area contributed by atoms with Gasteiger partial charge in [-0.15, -0.1) is 0 Å². The van der Waals surface area contributed by atoms with Crippen LogP contribution in [0.3, 0.4) is 0 Å². The molecule has 0 aliphatic rings. The Morgan fingerprint density at radius 1 is 1.75 bits per heavy atom. The summed E-state index contributed by atoms with van der Waals surface area (Å²) in [5.74, 6) is 0. The monoisotopic (exact) mass is 114 g/mol. The van der Waals surface area contributed by atoms with E-state index in [9.17, 15) is 0 Å². The van der Waals surface area contributed by atoms with Crippen LogP contribution in [0.2, 0.25) is 0 Å². The first-order chi connectivity index (χ1) is 3.91. The summed E-state index contributed by atoms with van der Waals surface area (Å²) < 4.78 is 0. The lowest BCUT2D eigenvalue weighted by atomic mass is 10.5. The maximum atomic E-state index is 8.02. The van der Waals surface area contributed by atoms with Gasteiger partial charge in [0.15, 0.2) is 0 Å². The Balaban J connectivity index is 2.65. The molecule has 46 valence electrons. The zero-order chi connectivity index (χ0) is 6.24. The van der Waals surface area contributed by atoms with Gasteiger partial charge in [0.2, 0.25) is 0 Å². The van der Waals surface area contributed by atoms with E-state index in [2.05, 4.69) is 5.48 Å². The third kappa shape index (κ3) is 5.41. The summed E-state index contributed by atoms with van der Waals surface area (Å²) in [6.45, 7) is 3.15. The predicted molar refractivity (Wildman–Crippen MR) is 29.9 cm³/mol. The number of hydroxylamine groups is 1. The molecule has 8 heavy (non-hydrogen) atoms. The standard InChI is InChI=1S/C5H10N2O/c1-2-8-7-5-3-4-6/h7H,2-3,5H2,1H3. The summed E-state index contributed by atoms with van der Waals surface area (Å²) in [4.78, 5) is 4.73. The Bertz CT molecular complexity index is 77.0. The van der Waals surface area contributed by atoms with Gasteiger partial charge >= 0.3 is 0 Å². The number of hydrogen-bond donors (Lipinski definition) is 1. The smallest absolute Gasteiger partial charge is 0.0653 e. The minimum Gasteiger partial charge on any atom is -0.302 e. The van der Waals surface area contributed by atoms with Gasteiger partial charge < -0.3 is 4.84 Å². The Morgan fingerprint density at radius 3 is 3.00 bits per heavy atom. The Labute approximate surface area is 49.2 Å². The molecule has 0 aliphatic heterocycles. The molecule has 0 aromatic carbocycles. The van der Waals surface area contributed by atoms with Gasteiger partial charge in [0.1, 0.15) is 0 Å². The van der Waals surface area contributed by atoms with Crippen LogP contribution in [0.4, 0.5) is 0 Å². The molecule has 0 fully saturated rings. The lowest BCUT2D eigenvalue weighted by Crippen LogP contribution is -2.14. The van der Waals surface area contributed by atoms with E-state index in [1.54, 1.807) is 0 Å². The molecule has 0 spiro atoms. The molecule has 0 unspecified atom stereocenters. The lowest BCUT2D eigenvalue weighted by Gasteiger charge is -1.96. The van der Waals surface area contributed by atoms with E-state index in [0.29, 0.717) is 19.6 Å². The fourth-order valence-corrected chi connectivity index (χ4v) is 0.281. The van der Waals surface area contributed by atoms with Gasteiger partial charge in [-0.05, 0) is 6.92 Å². The van der Waals surface area contributed by atoms with Crippen molar-refractivity contribution in [2.75, 3.05) is 13.2 Å². The maximum Gasteiger partial charge on any atom is 0.0653 e. The van der Waals surface area contributed by atoms with Crippen LogP contribution >= 0.6 is 0 Å². The molecule has 0 amide bonds. The Hall–Kier alpha value is -0.590. The number of hydrogen-bond acceptors (Lipinski definition) is 3. The number of rotatable bonds is 4.